The lowest BCUT2D eigenvalue weighted by atomic mass is 10.3. The van der Waals surface area contributed by atoms with Gasteiger partial charge in [0.2, 0.25) is 0 Å². The van der Waals surface area contributed by atoms with E-state index in [1.165, 1.54) is 0 Å². The summed E-state index contributed by atoms with van der Waals surface area (Å²) in [4.78, 5) is 15.6. The zero-order valence-corrected chi connectivity index (χ0v) is 11.7. The Morgan fingerprint density at radius 1 is 1.45 bits per heavy atom. The molecule has 7 heteroatoms. The minimum atomic E-state index is -0.430. The van der Waals surface area contributed by atoms with Gasteiger partial charge in [0.15, 0.2) is 5.75 Å². The summed E-state index contributed by atoms with van der Waals surface area (Å²) >= 11 is 0. The molecule has 2 heterocycles. The molecule has 7 nitrogen and oxygen atoms in total. The number of hydrazine groups is 1. The van der Waals surface area contributed by atoms with Crippen LogP contribution in [0.2, 0.25) is 0 Å². The van der Waals surface area contributed by atoms with E-state index in [2.05, 4.69) is 10.1 Å². The molecule has 0 atom stereocenters. The first-order chi connectivity index (χ1) is 9.52. The Labute approximate surface area is 116 Å². The zero-order chi connectivity index (χ0) is 14.7. The topological polar surface area (TPSA) is 95.1 Å². The Morgan fingerprint density at radius 3 is 2.80 bits per heavy atom. The fourth-order valence-corrected chi connectivity index (χ4v) is 1.87. The van der Waals surface area contributed by atoms with Crippen molar-refractivity contribution in [1.82, 2.24) is 20.2 Å². The number of rotatable bonds is 4. The van der Waals surface area contributed by atoms with Gasteiger partial charge in [0.1, 0.15) is 18.0 Å². The number of nitrogens with two attached hydrogens (primary N) is 1. The van der Waals surface area contributed by atoms with E-state index in [0.717, 1.165) is 17.1 Å². The van der Waals surface area contributed by atoms with E-state index >= 15 is 0 Å². The molecule has 20 heavy (non-hydrogen) atoms. The summed E-state index contributed by atoms with van der Waals surface area (Å²) in [5.74, 6) is 5.39. The third-order valence-corrected chi connectivity index (χ3v) is 2.98. The predicted octanol–water partition coefficient (Wildman–Crippen LogP) is 0.614. The molecule has 2 rings (SSSR count). The monoisotopic (exact) mass is 275 g/mol. The van der Waals surface area contributed by atoms with E-state index < -0.39 is 5.91 Å². The number of hydrogen-bond acceptors (Lipinski definition) is 5. The van der Waals surface area contributed by atoms with E-state index in [-0.39, 0.29) is 12.3 Å². The summed E-state index contributed by atoms with van der Waals surface area (Å²) in [6, 6.07) is 5.11. The van der Waals surface area contributed by atoms with Gasteiger partial charge in [-0.15, -0.1) is 0 Å². The van der Waals surface area contributed by atoms with Crippen LogP contribution in [0.1, 0.15) is 27.6 Å². The highest BCUT2D eigenvalue weighted by Gasteiger charge is 2.12. The molecule has 0 aliphatic carbocycles. The number of aryl methyl sites for hydroxylation is 2. The highest BCUT2D eigenvalue weighted by Crippen LogP contribution is 2.22. The molecule has 2 aromatic rings. The van der Waals surface area contributed by atoms with E-state index in [1.54, 1.807) is 22.9 Å². The van der Waals surface area contributed by atoms with Crippen LogP contribution in [0.15, 0.2) is 18.2 Å². The first kappa shape index (κ1) is 14.0. The minimum absolute atomic E-state index is 0.258. The fourth-order valence-electron chi connectivity index (χ4n) is 1.87. The quantitative estimate of drug-likeness (QED) is 0.484. The van der Waals surface area contributed by atoms with Crippen molar-refractivity contribution in [3.05, 3.63) is 41.0 Å². The summed E-state index contributed by atoms with van der Waals surface area (Å²) in [6.07, 6.45) is 0. The molecule has 0 bridgehead atoms. The normalized spacial score (nSPS) is 10.4. The maximum atomic E-state index is 11.4. The Bertz CT molecular complexity index is 636. The van der Waals surface area contributed by atoms with Crippen molar-refractivity contribution in [3.8, 4) is 5.75 Å². The van der Waals surface area contributed by atoms with E-state index in [1.807, 2.05) is 26.3 Å². The van der Waals surface area contributed by atoms with Gasteiger partial charge in [-0.05, 0) is 26.0 Å². The second kappa shape index (κ2) is 5.70. The Balaban J connectivity index is 2.13. The number of aromatic nitrogens is 3. The largest absolute Gasteiger partial charge is 0.483 e. The Hall–Kier alpha value is -2.41. The highest BCUT2D eigenvalue weighted by molar-refractivity contribution is 5.91. The van der Waals surface area contributed by atoms with Gasteiger partial charge < -0.3 is 4.74 Å². The first-order valence-corrected chi connectivity index (χ1v) is 6.12. The molecule has 0 saturated heterocycles. The van der Waals surface area contributed by atoms with Crippen molar-refractivity contribution in [2.24, 2.45) is 12.9 Å². The number of hydrogen-bond donors (Lipinski definition) is 2. The molecule has 0 fully saturated rings. The smallest absolute Gasteiger partial charge is 0.283 e. The van der Waals surface area contributed by atoms with Crippen molar-refractivity contribution in [3.63, 3.8) is 0 Å². The molecule has 0 spiro atoms. The third kappa shape index (κ3) is 2.77. The molecule has 3 N–H and O–H groups in total. The molecule has 0 aliphatic heterocycles. The molecule has 0 unspecified atom stereocenters. The summed E-state index contributed by atoms with van der Waals surface area (Å²) in [6.45, 7) is 4.08. The minimum Gasteiger partial charge on any atom is -0.483 e. The molecule has 0 aromatic carbocycles. The number of amides is 1. The average molecular weight is 275 g/mol. The van der Waals surface area contributed by atoms with Crippen molar-refractivity contribution in [2.75, 3.05) is 0 Å². The molecule has 106 valence electrons. The van der Waals surface area contributed by atoms with Crippen LogP contribution < -0.4 is 16.0 Å². The Kier molecular flexibility index (Phi) is 3.99. The van der Waals surface area contributed by atoms with Crippen LogP contribution in [-0.4, -0.2) is 20.7 Å². The van der Waals surface area contributed by atoms with Crippen LogP contribution in [0.5, 0.6) is 5.75 Å². The van der Waals surface area contributed by atoms with Gasteiger partial charge in [0.25, 0.3) is 5.91 Å². The maximum Gasteiger partial charge on any atom is 0.283 e. The number of nitrogens with one attached hydrogen (secondary N) is 1. The van der Waals surface area contributed by atoms with E-state index in [9.17, 15) is 4.79 Å². The van der Waals surface area contributed by atoms with Crippen molar-refractivity contribution < 1.29 is 9.53 Å². The van der Waals surface area contributed by atoms with Crippen LogP contribution in [0.25, 0.3) is 0 Å². The summed E-state index contributed by atoms with van der Waals surface area (Å²) < 4.78 is 7.49. The van der Waals surface area contributed by atoms with Crippen LogP contribution in [-0.2, 0) is 13.7 Å². The van der Waals surface area contributed by atoms with Crippen LogP contribution in [0.4, 0.5) is 0 Å². The summed E-state index contributed by atoms with van der Waals surface area (Å²) in [7, 11) is 1.86. The molecule has 2 aromatic heterocycles. The van der Waals surface area contributed by atoms with Crippen LogP contribution >= 0.6 is 0 Å². The van der Waals surface area contributed by atoms with Crippen LogP contribution in [0, 0.1) is 13.8 Å². The number of carbonyl (C=O) groups excluding carboxylic acids is 1. The molecule has 0 radical (unpaired) electrons. The molecule has 0 saturated carbocycles. The average Bonchev–Trinajstić information content (AvgIpc) is 2.69. The lowest BCUT2D eigenvalue weighted by Crippen LogP contribution is -2.30. The second-order valence-corrected chi connectivity index (χ2v) is 4.40. The van der Waals surface area contributed by atoms with Gasteiger partial charge in [0, 0.05) is 7.05 Å². The fraction of sp³-hybridized carbons (Fsp3) is 0.308. The van der Waals surface area contributed by atoms with Gasteiger partial charge in [0.05, 0.1) is 11.4 Å². The van der Waals surface area contributed by atoms with E-state index in [0.29, 0.717) is 5.69 Å². The maximum absolute atomic E-state index is 11.4. The zero-order valence-electron chi connectivity index (χ0n) is 11.7. The van der Waals surface area contributed by atoms with Gasteiger partial charge >= 0.3 is 0 Å². The molecular formula is C13H17N5O2. The van der Waals surface area contributed by atoms with Gasteiger partial charge in [-0.25, -0.2) is 10.8 Å². The second-order valence-electron chi connectivity index (χ2n) is 4.40. The van der Waals surface area contributed by atoms with Gasteiger partial charge in [-0.2, -0.15) is 5.10 Å². The summed E-state index contributed by atoms with van der Waals surface area (Å²) in [5.41, 5.74) is 4.72. The van der Waals surface area contributed by atoms with Crippen molar-refractivity contribution >= 4 is 5.91 Å². The lowest BCUT2D eigenvalue weighted by molar-refractivity contribution is 0.0948. The number of ether oxygens (including phenoxy) is 1. The number of nitrogen functional groups attached to an aromatic ring is 1. The molecule has 1 amide bonds. The van der Waals surface area contributed by atoms with Crippen molar-refractivity contribution in [2.45, 2.75) is 20.5 Å². The molecule has 0 aliphatic rings. The summed E-state index contributed by atoms with van der Waals surface area (Å²) in [5, 5.41) is 4.27. The molecular weight excluding hydrogens is 258 g/mol. The van der Waals surface area contributed by atoms with E-state index in [4.69, 9.17) is 10.6 Å². The first-order valence-electron chi connectivity index (χ1n) is 6.12. The van der Waals surface area contributed by atoms with Gasteiger partial charge in [-0.1, -0.05) is 6.07 Å². The Morgan fingerprint density at radius 2 is 2.20 bits per heavy atom. The lowest BCUT2D eigenvalue weighted by Gasteiger charge is -2.07. The third-order valence-electron chi connectivity index (χ3n) is 2.98. The highest BCUT2D eigenvalue weighted by atomic mass is 16.5. The van der Waals surface area contributed by atoms with Crippen molar-refractivity contribution in [1.29, 1.82) is 0 Å². The van der Waals surface area contributed by atoms with Crippen LogP contribution in [0.3, 0.4) is 0 Å². The standard InChI is InChI=1S/C13H17N5O2/c1-8-12(9(2)18(3)17-8)20-7-10-5-4-6-11(15-10)13(19)16-14/h4-6H,7,14H2,1-3H3,(H,16,19). The number of carbonyl (C=O) groups is 1. The number of pyridine rings is 1. The predicted molar refractivity (Wildman–Crippen MR) is 72.9 cm³/mol. The van der Waals surface area contributed by atoms with Gasteiger partial charge in [-0.3, -0.25) is 14.9 Å². The SMILES string of the molecule is Cc1nn(C)c(C)c1OCc1cccc(C(=O)NN)n1. The number of nitrogens with zero attached hydrogens (tertiary/aromatic N) is 3.